The van der Waals surface area contributed by atoms with Crippen molar-refractivity contribution in [2.45, 2.75) is 66.2 Å². The van der Waals surface area contributed by atoms with Crippen LogP contribution in [0, 0.1) is 0 Å². The van der Waals surface area contributed by atoms with Crippen LogP contribution in [0.25, 0.3) is 0 Å². The first-order valence-electron chi connectivity index (χ1n) is 12.5. The molecule has 0 atom stereocenters. The first-order valence-corrected chi connectivity index (χ1v) is 16.9. The van der Waals surface area contributed by atoms with Crippen LogP contribution in [0.3, 0.4) is 0 Å². The van der Waals surface area contributed by atoms with Crippen LogP contribution in [-0.2, 0) is 34.0 Å². The van der Waals surface area contributed by atoms with E-state index in [-0.39, 0.29) is 0 Å². The predicted octanol–water partition coefficient (Wildman–Crippen LogP) is 8.50. The van der Waals surface area contributed by atoms with Gasteiger partial charge in [-0.05, 0) is 0 Å². The second kappa shape index (κ2) is 10.9. The van der Waals surface area contributed by atoms with Gasteiger partial charge in [-0.3, -0.25) is 0 Å². The standard InChI is InChI=1S/2C8H10O.2C7H9.Zr/c2*1-2-7-4-3-5-8(9)6-7;2*1-2-7-5-3-4-6-7;/h2*3-6,9H,2H2,1H3;2*3,5H,2,4H2,1H3;/q;;;;+2/p-2. The molecule has 0 fully saturated rings. The molecule has 3 heteroatoms. The van der Waals surface area contributed by atoms with Gasteiger partial charge in [-0.2, -0.15) is 0 Å². The van der Waals surface area contributed by atoms with E-state index in [9.17, 15) is 0 Å². The Kier molecular flexibility index (Phi) is 7.91. The molecule has 4 rings (SSSR count). The number of hydrogen-bond donors (Lipinski definition) is 0. The molecule has 2 aliphatic rings. The number of rotatable bonds is 10. The number of hydrogen-bond acceptors (Lipinski definition) is 2. The second-order valence-electron chi connectivity index (χ2n) is 8.75. The van der Waals surface area contributed by atoms with Crippen molar-refractivity contribution in [1.82, 2.24) is 0 Å². The fourth-order valence-corrected chi connectivity index (χ4v) is 14.6. The van der Waals surface area contributed by atoms with Crippen molar-refractivity contribution in [3.63, 3.8) is 0 Å². The van der Waals surface area contributed by atoms with Crippen LogP contribution in [0.2, 0.25) is 0 Å². The van der Waals surface area contributed by atoms with Crippen molar-refractivity contribution in [2.24, 2.45) is 0 Å². The Balaban J connectivity index is 1.92. The van der Waals surface area contributed by atoms with Gasteiger partial charge in [-0.15, -0.1) is 0 Å². The molecule has 0 amide bonds. The molecular formula is C30H36O2Zr. The van der Waals surface area contributed by atoms with Gasteiger partial charge in [0, 0.05) is 0 Å². The van der Waals surface area contributed by atoms with Gasteiger partial charge < -0.3 is 0 Å². The summed E-state index contributed by atoms with van der Waals surface area (Å²) < 4.78 is 17.4. The Morgan fingerprint density at radius 2 is 1.09 bits per heavy atom. The monoisotopic (exact) mass is 518 g/mol. The van der Waals surface area contributed by atoms with Gasteiger partial charge in [-0.25, -0.2) is 0 Å². The van der Waals surface area contributed by atoms with Crippen molar-refractivity contribution < 1.29 is 26.8 Å². The molecule has 0 bridgehead atoms. The summed E-state index contributed by atoms with van der Waals surface area (Å²) in [6.07, 6.45) is 15.1. The first kappa shape index (κ1) is 24.0. The molecule has 172 valence electrons. The summed E-state index contributed by atoms with van der Waals surface area (Å²) in [5, 5.41) is 0. The topological polar surface area (TPSA) is 18.5 Å². The third kappa shape index (κ3) is 5.04. The number of benzene rings is 2. The minimum absolute atomic E-state index is 0.931. The average Bonchev–Trinajstić information content (AvgIpc) is 3.54. The molecular weight excluding hydrogens is 484 g/mol. The van der Waals surface area contributed by atoms with Crippen molar-refractivity contribution in [1.29, 1.82) is 0 Å². The van der Waals surface area contributed by atoms with E-state index >= 15 is 0 Å². The molecule has 0 saturated carbocycles. The number of aryl methyl sites for hydroxylation is 2. The van der Waals surface area contributed by atoms with Crippen LogP contribution < -0.4 is 5.63 Å². The van der Waals surface area contributed by atoms with E-state index in [1.54, 1.807) is 0 Å². The second-order valence-corrected chi connectivity index (χ2v) is 15.8. The third-order valence-electron chi connectivity index (χ3n) is 6.75. The van der Waals surface area contributed by atoms with Crippen molar-refractivity contribution in [2.75, 3.05) is 0 Å². The van der Waals surface area contributed by atoms with Gasteiger partial charge >= 0.3 is 206 Å². The minimum atomic E-state index is -4.06. The van der Waals surface area contributed by atoms with E-state index in [0.29, 0.717) is 0 Å². The Hall–Kier alpha value is -2.12. The van der Waals surface area contributed by atoms with E-state index in [0.717, 1.165) is 50.0 Å². The van der Waals surface area contributed by atoms with E-state index in [2.05, 4.69) is 101 Å². The molecule has 0 spiro atoms. The molecule has 0 heterocycles. The molecule has 0 unspecified atom stereocenters. The number of allylic oxidation sites excluding steroid dienone is 8. The SMILES string of the molecule is CCC1=[C]([Zr]([O]c2cccc(CC)c2)([O]c2cccc(CC)c2)[C]2=C(CC)C=CC2)CC=C1. The summed E-state index contributed by atoms with van der Waals surface area (Å²) in [6, 6.07) is 17.2. The Morgan fingerprint density at radius 3 is 1.48 bits per heavy atom. The normalized spacial score (nSPS) is 15.6. The van der Waals surface area contributed by atoms with E-state index in [1.807, 2.05) is 0 Å². The Labute approximate surface area is 205 Å². The van der Waals surface area contributed by atoms with Gasteiger partial charge in [-0.1, -0.05) is 0 Å². The van der Waals surface area contributed by atoms with Gasteiger partial charge in [0.05, 0.1) is 0 Å². The van der Waals surface area contributed by atoms with Crippen molar-refractivity contribution in [3.8, 4) is 11.5 Å². The maximum absolute atomic E-state index is 7.25. The summed E-state index contributed by atoms with van der Waals surface area (Å²) in [5.74, 6) is 1.89. The summed E-state index contributed by atoms with van der Waals surface area (Å²) in [7, 11) is 0. The Bertz CT molecular complexity index is 1030. The van der Waals surface area contributed by atoms with Gasteiger partial charge in [0.25, 0.3) is 0 Å². The molecule has 0 N–H and O–H groups in total. The molecule has 0 aliphatic heterocycles. The molecule has 2 aromatic carbocycles. The Morgan fingerprint density at radius 1 is 0.636 bits per heavy atom. The summed E-state index contributed by atoms with van der Waals surface area (Å²) >= 11 is -4.06. The van der Waals surface area contributed by atoms with E-state index in [4.69, 9.17) is 5.63 Å². The van der Waals surface area contributed by atoms with Gasteiger partial charge in [0.15, 0.2) is 0 Å². The van der Waals surface area contributed by atoms with Crippen LogP contribution in [0.5, 0.6) is 11.5 Å². The van der Waals surface area contributed by atoms with Crippen molar-refractivity contribution >= 4 is 0 Å². The molecule has 0 radical (unpaired) electrons. The summed E-state index contributed by atoms with van der Waals surface area (Å²) in [6.45, 7) is 8.89. The van der Waals surface area contributed by atoms with Crippen LogP contribution in [0.1, 0.15) is 64.5 Å². The van der Waals surface area contributed by atoms with E-state index < -0.39 is 21.1 Å². The van der Waals surface area contributed by atoms with Gasteiger partial charge in [0.2, 0.25) is 0 Å². The fourth-order valence-electron chi connectivity index (χ4n) is 4.89. The third-order valence-corrected chi connectivity index (χ3v) is 15.8. The zero-order chi connectivity index (χ0) is 23.3. The van der Waals surface area contributed by atoms with Crippen LogP contribution >= 0.6 is 0 Å². The maximum atomic E-state index is 7.25. The summed E-state index contributed by atoms with van der Waals surface area (Å²) in [5.41, 5.74) is 5.39. The molecule has 2 aliphatic carbocycles. The zero-order valence-corrected chi connectivity index (χ0v) is 22.9. The zero-order valence-electron chi connectivity index (χ0n) is 20.5. The molecule has 2 aromatic rings. The molecule has 2 nitrogen and oxygen atoms in total. The van der Waals surface area contributed by atoms with Gasteiger partial charge in [0.1, 0.15) is 0 Å². The van der Waals surface area contributed by atoms with Crippen LogP contribution in [-0.4, -0.2) is 0 Å². The molecule has 0 saturated heterocycles. The van der Waals surface area contributed by atoms with Crippen LogP contribution in [0.4, 0.5) is 0 Å². The van der Waals surface area contributed by atoms with Crippen LogP contribution in [0.15, 0.2) is 90.5 Å². The summed E-state index contributed by atoms with van der Waals surface area (Å²) in [4.78, 5) is 0. The fraction of sp³-hybridized carbons (Fsp3) is 0.333. The average molecular weight is 520 g/mol. The molecule has 33 heavy (non-hydrogen) atoms. The predicted molar refractivity (Wildman–Crippen MR) is 135 cm³/mol. The molecule has 0 aromatic heterocycles. The van der Waals surface area contributed by atoms with Crippen molar-refractivity contribution in [3.05, 3.63) is 102 Å². The van der Waals surface area contributed by atoms with E-state index in [1.165, 1.54) is 28.8 Å². The quantitative estimate of drug-likeness (QED) is 0.313. The first-order chi connectivity index (χ1) is 16.1.